The fourth-order valence-electron chi connectivity index (χ4n) is 0.410. The predicted molar refractivity (Wildman–Crippen MR) is 41.8 cm³/mol. The second kappa shape index (κ2) is 5.51. The Morgan fingerprint density at radius 1 is 1.78 bits per heavy atom. The number of hydrogen-bond donors (Lipinski definition) is 1. The fourth-order valence-corrected chi connectivity index (χ4v) is 0.410. The van der Waals surface area contributed by atoms with Crippen molar-refractivity contribution < 1.29 is 0 Å². The van der Waals surface area contributed by atoms with Gasteiger partial charge in [-0.25, -0.2) is 0 Å². The lowest BCUT2D eigenvalue weighted by Gasteiger charge is -1.91. The molecule has 0 spiro atoms. The van der Waals surface area contributed by atoms with Crippen LogP contribution in [0.15, 0.2) is 17.3 Å². The zero-order valence-corrected chi connectivity index (χ0v) is 6.15. The molecule has 52 valence electrons. The van der Waals surface area contributed by atoms with Gasteiger partial charge in [0.2, 0.25) is 0 Å². The molecule has 0 unspecified atom stereocenters. The molecule has 0 aromatic rings. The van der Waals surface area contributed by atoms with Crippen molar-refractivity contribution in [3.05, 3.63) is 12.3 Å². The molecule has 0 atom stereocenters. The number of nitrogens with zero attached hydrogens (tertiary/aromatic N) is 1. The van der Waals surface area contributed by atoms with Crippen molar-refractivity contribution in [3.63, 3.8) is 0 Å². The Hall–Kier alpha value is -0.630. The van der Waals surface area contributed by atoms with Gasteiger partial charge in [-0.05, 0) is 13.5 Å². The smallest absolute Gasteiger partial charge is 0.0309 e. The average Bonchev–Trinajstić information content (AvgIpc) is 1.80. The SMILES string of the molecule is C=C(C)/N=C/CNCC. The van der Waals surface area contributed by atoms with E-state index in [1.807, 2.05) is 13.1 Å². The lowest BCUT2D eigenvalue weighted by atomic mass is 10.6. The zero-order chi connectivity index (χ0) is 7.11. The lowest BCUT2D eigenvalue weighted by molar-refractivity contribution is 0.823. The summed E-state index contributed by atoms with van der Waals surface area (Å²) in [5, 5.41) is 3.11. The molecule has 0 bridgehead atoms. The van der Waals surface area contributed by atoms with Gasteiger partial charge in [-0.3, -0.25) is 4.99 Å². The summed E-state index contributed by atoms with van der Waals surface area (Å²) in [6.45, 7) is 9.39. The van der Waals surface area contributed by atoms with Crippen LogP contribution < -0.4 is 5.32 Å². The van der Waals surface area contributed by atoms with Crippen LogP contribution in [0.4, 0.5) is 0 Å². The summed E-state index contributed by atoms with van der Waals surface area (Å²) in [7, 11) is 0. The van der Waals surface area contributed by atoms with Crippen LogP contribution in [0.2, 0.25) is 0 Å². The highest BCUT2D eigenvalue weighted by atomic mass is 14.9. The Kier molecular flexibility index (Phi) is 5.12. The maximum atomic E-state index is 3.98. The van der Waals surface area contributed by atoms with Crippen LogP contribution in [0.3, 0.4) is 0 Å². The van der Waals surface area contributed by atoms with E-state index in [1.54, 1.807) is 0 Å². The minimum Gasteiger partial charge on any atom is -0.312 e. The zero-order valence-electron chi connectivity index (χ0n) is 6.15. The first-order valence-electron chi connectivity index (χ1n) is 3.16. The second-order valence-corrected chi connectivity index (χ2v) is 1.85. The van der Waals surface area contributed by atoms with E-state index in [0.29, 0.717) is 0 Å². The third-order valence-electron chi connectivity index (χ3n) is 0.797. The molecule has 0 fully saturated rings. The minimum absolute atomic E-state index is 0.837. The molecule has 0 aliphatic carbocycles. The van der Waals surface area contributed by atoms with Gasteiger partial charge in [0.15, 0.2) is 0 Å². The molecule has 0 aliphatic heterocycles. The molecule has 0 aliphatic rings. The summed E-state index contributed by atoms with van der Waals surface area (Å²) in [6.07, 6.45) is 1.83. The van der Waals surface area contributed by atoms with E-state index in [9.17, 15) is 0 Å². The molecule has 2 nitrogen and oxygen atoms in total. The highest BCUT2D eigenvalue weighted by molar-refractivity contribution is 5.60. The molecule has 0 saturated carbocycles. The quantitative estimate of drug-likeness (QED) is 0.444. The molecule has 0 heterocycles. The van der Waals surface area contributed by atoms with Crippen LogP contribution in [0.5, 0.6) is 0 Å². The van der Waals surface area contributed by atoms with E-state index >= 15 is 0 Å². The van der Waals surface area contributed by atoms with E-state index in [2.05, 4.69) is 23.8 Å². The van der Waals surface area contributed by atoms with E-state index in [1.165, 1.54) is 0 Å². The summed E-state index contributed by atoms with van der Waals surface area (Å²) in [5.74, 6) is 0. The second-order valence-electron chi connectivity index (χ2n) is 1.85. The van der Waals surface area contributed by atoms with Gasteiger partial charge in [0.05, 0.1) is 0 Å². The van der Waals surface area contributed by atoms with Gasteiger partial charge in [0.1, 0.15) is 0 Å². The first-order valence-corrected chi connectivity index (χ1v) is 3.16. The van der Waals surface area contributed by atoms with Gasteiger partial charge in [0, 0.05) is 18.5 Å². The van der Waals surface area contributed by atoms with Crippen LogP contribution in [0.25, 0.3) is 0 Å². The lowest BCUT2D eigenvalue weighted by Crippen LogP contribution is -2.14. The summed E-state index contributed by atoms with van der Waals surface area (Å²) in [4.78, 5) is 3.98. The number of nitrogens with one attached hydrogen (secondary N) is 1. The molecule has 0 saturated heterocycles. The largest absolute Gasteiger partial charge is 0.312 e. The van der Waals surface area contributed by atoms with Crippen molar-refractivity contribution in [1.82, 2.24) is 5.32 Å². The van der Waals surface area contributed by atoms with Gasteiger partial charge in [0.25, 0.3) is 0 Å². The van der Waals surface area contributed by atoms with Crippen molar-refractivity contribution in [1.29, 1.82) is 0 Å². The van der Waals surface area contributed by atoms with E-state index in [4.69, 9.17) is 0 Å². The Labute approximate surface area is 56.7 Å². The molecule has 9 heavy (non-hydrogen) atoms. The summed E-state index contributed by atoms with van der Waals surface area (Å²) >= 11 is 0. The monoisotopic (exact) mass is 126 g/mol. The first kappa shape index (κ1) is 8.37. The highest BCUT2D eigenvalue weighted by Crippen LogP contribution is 1.83. The van der Waals surface area contributed by atoms with E-state index in [-0.39, 0.29) is 0 Å². The fraction of sp³-hybridized carbons (Fsp3) is 0.571. The Bertz CT molecular complexity index is 105. The van der Waals surface area contributed by atoms with Crippen LogP contribution in [-0.4, -0.2) is 19.3 Å². The van der Waals surface area contributed by atoms with Crippen molar-refractivity contribution >= 4 is 6.21 Å². The molecular weight excluding hydrogens is 112 g/mol. The van der Waals surface area contributed by atoms with Crippen molar-refractivity contribution in [2.75, 3.05) is 13.1 Å². The van der Waals surface area contributed by atoms with Gasteiger partial charge in [-0.2, -0.15) is 0 Å². The molecule has 0 radical (unpaired) electrons. The predicted octanol–water partition coefficient (Wildman–Crippen LogP) is 1.20. The van der Waals surface area contributed by atoms with E-state index < -0.39 is 0 Å². The topological polar surface area (TPSA) is 24.4 Å². The maximum Gasteiger partial charge on any atom is 0.0309 e. The maximum absolute atomic E-state index is 3.98. The van der Waals surface area contributed by atoms with Crippen molar-refractivity contribution in [3.8, 4) is 0 Å². The third-order valence-corrected chi connectivity index (χ3v) is 0.797. The van der Waals surface area contributed by atoms with Gasteiger partial charge in [-0.1, -0.05) is 13.5 Å². The average molecular weight is 126 g/mol. The first-order chi connectivity index (χ1) is 4.27. The highest BCUT2D eigenvalue weighted by Gasteiger charge is 1.74. The van der Waals surface area contributed by atoms with Crippen LogP contribution in [-0.2, 0) is 0 Å². The molecule has 0 amide bonds. The number of aliphatic imine (C=N–C) groups is 1. The molecular formula is C7H14N2. The normalized spacial score (nSPS) is 10.4. The molecule has 0 rings (SSSR count). The standard InChI is InChI=1S/C7H14N2/c1-4-8-5-6-9-7(2)3/h6,8H,2,4-5H2,1,3H3/b9-6+. The van der Waals surface area contributed by atoms with Gasteiger partial charge >= 0.3 is 0 Å². The molecule has 0 aromatic carbocycles. The summed E-state index contributed by atoms with van der Waals surface area (Å²) in [6, 6.07) is 0. The third kappa shape index (κ3) is 7.37. The van der Waals surface area contributed by atoms with Crippen molar-refractivity contribution in [2.24, 2.45) is 4.99 Å². The van der Waals surface area contributed by atoms with Crippen LogP contribution in [0, 0.1) is 0 Å². The Balaban J connectivity index is 3.15. The molecule has 0 aromatic heterocycles. The van der Waals surface area contributed by atoms with Crippen LogP contribution >= 0.6 is 0 Å². The van der Waals surface area contributed by atoms with Gasteiger partial charge < -0.3 is 5.32 Å². The molecule has 2 heteroatoms. The number of rotatable bonds is 4. The Morgan fingerprint density at radius 2 is 2.44 bits per heavy atom. The van der Waals surface area contributed by atoms with Crippen LogP contribution in [0.1, 0.15) is 13.8 Å². The summed E-state index contributed by atoms with van der Waals surface area (Å²) in [5.41, 5.74) is 0.855. The number of hydrogen-bond acceptors (Lipinski definition) is 2. The minimum atomic E-state index is 0.837. The van der Waals surface area contributed by atoms with Gasteiger partial charge in [-0.15, -0.1) is 0 Å². The summed E-state index contributed by atoms with van der Waals surface area (Å²) < 4.78 is 0. The molecule has 1 N–H and O–H groups in total. The number of allylic oxidation sites excluding steroid dienone is 1. The van der Waals surface area contributed by atoms with Crippen molar-refractivity contribution in [2.45, 2.75) is 13.8 Å². The van der Waals surface area contributed by atoms with E-state index in [0.717, 1.165) is 18.8 Å². The Morgan fingerprint density at radius 3 is 2.89 bits per heavy atom.